The second-order valence-electron chi connectivity index (χ2n) is 10.2. The second kappa shape index (κ2) is 11.1. The van der Waals surface area contributed by atoms with Gasteiger partial charge in [0.1, 0.15) is 5.75 Å². The highest BCUT2D eigenvalue weighted by Gasteiger charge is 2.44. The van der Waals surface area contributed by atoms with Gasteiger partial charge in [0.05, 0.1) is 31.8 Å². The topological polar surface area (TPSA) is 97.9 Å². The number of carbonyl (C=O) groups excluding carboxylic acids is 1. The Balaban J connectivity index is 1.83. The SMILES string of the molecule is COc1ccccc1C(/C(C(=N)C1(C)COC(C)(C)OC1)=C(\C)N)N(C=O)c1ccc(-c2ccsc2)cc1. The Morgan fingerprint density at radius 1 is 1.08 bits per heavy atom. The summed E-state index contributed by atoms with van der Waals surface area (Å²) in [5, 5.41) is 13.5. The molecule has 7 nitrogen and oxygen atoms in total. The zero-order valence-corrected chi connectivity index (χ0v) is 23.3. The molecule has 1 aromatic heterocycles. The molecule has 1 aliphatic rings. The van der Waals surface area contributed by atoms with E-state index in [2.05, 4.69) is 11.4 Å². The Morgan fingerprint density at radius 3 is 2.29 bits per heavy atom. The normalized spacial score (nSPS) is 17.7. The van der Waals surface area contributed by atoms with Gasteiger partial charge in [-0.25, -0.2) is 0 Å². The molecule has 0 saturated carbocycles. The lowest BCUT2D eigenvalue weighted by Crippen LogP contribution is -2.50. The van der Waals surface area contributed by atoms with Crippen molar-refractivity contribution in [1.82, 2.24) is 0 Å². The van der Waals surface area contributed by atoms with Gasteiger partial charge in [-0.3, -0.25) is 4.79 Å². The van der Waals surface area contributed by atoms with Crippen molar-refractivity contribution in [2.24, 2.45) is 11.1 Å². The van der Waals surface area contributed by atoms with Gasteiger partial charge in [-0.2, -0.15) is 11.3 Å². The molecule has 1 unspecified atom stereocenters. The van der Waals surface area contributed by atoms with E-state index in [0.29, 0.717) is 22.7 Å². The maximum absolute atomic E-state index is 12.8. The van der Waals surface area contributed by atoms with E-state index in [9.17, 15) is 10.2 Å². The molecule has 0 bridgehead atoms. The lowest BCUT2D eigenvalue weighted by atomic mass is 9.77. The fourth-order valence-electron chi connectivity index (χ4n) is 4.63. The van der Waals surface area contributed by atoms with Crippen LogP contribution in [0.15, 0.2) is 76.6 Å². The van der Waals surface area contributed by atoms with Crippen molar-refractivity contribution >= 4 is 29.1 Å². The van der Waals surface area contributed by atoms with E-state index >= 15 is 0 Å². The molecule has 38 heavy (non-hydrogen) atoms. The quantitative estimate of drug-likeness (QED) is 0.253. The summed E-state index contributed by atoms with van der Waals surface area (Å²) in [5.74, 6) is -0.143. The fraction of sp³-hybridized carbons (Fsp3) is 0.333. The maximum atomic E-state index is 12.8. The highest BCUT2D eigenvalue weighted by atomic mass is 32.1. The van der Waals surface area contributed by atoms with Gasteiger partial charge in [-0.15, -0.1) is 0 Å². The number of benzene rings is 2. The highest BCUT2D eigenvalue weighted by molar-refractivity contribution is 7.08. The molecule has 0 aliphatic carbocycles. The van der Waals surface area contributed by atoms with Gasteiger partial charge in [-0.05, 0) is 73.8 Å². The summed E-state index contributed by atoms with van der Waals surface area (Å²) >= 11 is 1.63. The molecule has 3 aromatic rings. The number of allylic oxidation sites excluding steroid dienone is 1. The summed E-state index contributed by atoms with van der Waals surface area (Å²) in [6, 6.07) is 16.6. The number of hydrogen-bond acceptors (Lipinski definition) is 7. The molecular weight excluding hydrogens is 498 g/mol. The molecule has 2 aromatic carbocycles. The Bertz CT molecular complexity index is 1300. The van der Waals surface area contributed by atoms with E-state index < -0.39 is 17.2 Å². The zero-order chi connectivity index (χ0) is 27.5. The lowest BCUT2D eigenvalue weighted by molar-refractivity contribution is -0.270. The molecule has 0 radical (unpaired) electrons. The highest BCUT2D eigenvalue weighted by Crippen LogP contribution is 2.42. The Hall–Kier alpha value is -3.46. The minimum absolute atomic E-state index is 0.255. The van der Waals surface area contributed by atoms with Crippen LogP contribution in [0.2, 0.25) is 0 Å². The second-order valence-corrected chi connectivity index (χ2v) is 11.0. The van der Waals surface area contributed by atoms with Crippen LogP contribution in [0.1, 0.15) is 39.3 Å². The van der Waals surface area contributed by atoms with Gasteiger partial charge in [0, 0.05) is 28.2 Å². The van der Waals surface area contributed by atoms with Gasteiger partial charge in [0.25, 0.3) is 0 Å². The summed E-state index contributed by atoms with van der Waals surface area (Å²) in [5.41, 5.74) is 10.5. The van der Waals surface area contributed by atoms with Crippen LogP contribution in [0, 0.1) is 10.8 Å². The molecule has 0 spiro atoms. The van der Waals surface area contributed by atoms with E-state index in [1.807, 2.05) is 74.7 Å². The number of para-hydroxylation sites is 1. The first-order valence-corrected chi connectivity index (χ1v) is 13.4. The summed E-state index contributed by atoms with van der Waals surface area (Å²) in [6.07, 6.45) is 0.784. The van der Waals surface area contributed by atoms with Crippen LogP contribution in [0.4, 0.5) is 5.69 Å². The minimum atomic E-state index is -0.775. The molecule has 1 atom stereocenters. The van der Waals surface area contributed by atoms with Crippen LogP contribution in [0.25, 0.3) is 11.1 Å². The number of amides is 1. The van der Waals surface area contributed by atoms with Crippen molar-refractivity contribution in [2.75, 3.05) is 25.2 Å². The van der Waals surface area contributed by atoms with Gasteiger partial charge < -0.3 is 30.3 Å². The fourth-order valence-corrected chi connectivity index (χ4v) is 5.30. The average molecular weight is 534 g/mol. The number of nitrogens with two attached hydrogens (primary N) is 1. The van der Waals surface area contributed by atoms with Gasteiger partial charge in [0.15, 0.2) is 5.79 Å². The first kappa shape index (κ1) is 27.6. The first-order chi connectivity index (χ1) is 18.1. The van der Waals surface area contributed by atoms with E-state index in [1.165, 1.54) is 0 Å². The van der Waals surface area contributed by atoms with Crippen LogP contribution in [0.5, 0.6) is 5.75 Å². The molecule has 200 valence electrons. The third kappa shape index (κ3) is 5.53. The van der Waals surface area contributed by atoms with Crippen LogP contribution >= 0.6 is 11.3 Å². The number of nitrogens with one attached hydrogen (secondary N) is 1. The van der Waals surface area contributed by atoms with Gasteiger partial charge in [-0.1, -0.05) is 30.3 Å². The third-order valence-corrected chi connectivity index (χ3v) is 7.58. The van der Waals surface area contributed by atoms with Crippen molar-refractivity contribution in [3.05, 3.63) is 82.2 Å². The van der Waals surface area contributed by atoms with Crippen molar-refractivity contribution < 1.29 is 19.0 Å². The Labute approximate surface area is 228 Å². The van der Waals surface area contributed by atoms with Crippen LogP contribution < -0.4 is 15.4 Å². The Morgan fingerprint density at radius 2 is 1.74 bits per heavy atom. The van der Waals surface area contributed by atoms with Crippen LogP contribution in [0.3, 0.4) is 0 Å². The Kier molecular flexibility index (Phi) is 8.06. The molecule has 4 rings (SSSR count). The number of nitrogens with zero attached hydrogens (tertiary/aromatic N) is 1. The van der Waals surface area contributed by atoms with Gasteiger partial charge in [0.2, 0.25) is 6.41 Å². The van der Waals surface area contributed by atoms with Crippen molar-refractivity contribution in [2.45, 2.75) is 39.5 Å². The van der Waals surface area contributed by atoms with E-state index in [-0.39, 0.29) is 18.9 Å². The molecule has 1 aliphatic heterocycles. The molecule has 1 amide bonds. The standard InChI is InChI=1S/C30H35N3O4S/c1-20(31)26(28(32)30(4)17-36-29(2,3)37-18-30)27(24-8-6-7-9-25(24)35-5)33(19-34)23-12-10-21(11-13-23)22-14-15-38-16-22/h6-16,19,27,32H,17-18,31H2,1-5H3/b26-20-,32-28?. The number of thiophene rings is 1. The molecule has 3 N–H and O–H groups in total. The first-order valence-electron chi connectivity index (χ1n) is 12.4. The average Bonchev–Trinajstić information content (AvgIpc) is 3.45. The summed E-state index contributed by atoms with van der Waals surface area (Å²) < 4.78 is 17.6. The third-order valence-electron chi connectivity index (χ3n) is 6.89. The predicted octanol–water partition coefficient (Wildman–Crippen LogP) is 6.17. The van der Waals surface area contributed by atoms with Crippen molar-refractivity contribution in [1.29, 1.82) is 5.41 Å². The van der Waals surface area contributed by atoms with Crippen LogP contribution in [-0.2, 0) is 14.3 Å². The van der Waals surface area contributed by atoms with Gasteiger partial charge >= 0.3 is 0 Å². The summed E-state index contributed by atoms with van der Waals surface area (Å²) in [6.45, 7) is 7.95. The number of rotatable bonds is 9. The lowest BCUT2D eigenvalue weighted by Gasteiger charge is -2.43. The van der Waals surface area contributed by atoms with Crippen LogP contribution in [-0.4, -0.2) is 38.2 Å². The van der Waals surface area contributed by atoms with E-state index in [1.54, 1.807) is 30.3 Å². The van der Waals surface area contributed by atoms with Crippen molar-refractivity contribution in [3.8, 4) is 16.9 Å². The number of carbonyl (C=O) groups is 1. The number of methoxy groups -OCH3 is 1. The molecule has 1 fully saturated rings. The minimum Gasteiger partial charge on any atom is -0.496 e. The number of ether oxygens (including phenoxy) is 3. The molecule has 8 heteroatoms. The maximum Gasteiger partial charge on any atom is 0.214 e. The number of anilines is 1. The monoisotopic (exact) mass is 533 g/mol. The summed E-state index contributed by atoms with van der Waals surface area (Å²) in [4.78, 5) is 14.4. The molecule has 1 saturated heterocycles. The van der Waals surface area contributed by atoms with Crippen molar-refractivity contribution in [3.63, 3.8) is 0 Å². The largest absolute Gasteiger partial charge is 0.496 e. The summed E-state index contributed by atoms with van der Waals surface area (Å²) in [7, 11) is 1.59. The number of hydrogen-bond donors (Lipinski definition) is 2. The zero-order valence-electron chi connectivity index (χ0n) is 22.5. The smallest absolute Gasteiger partial charge is 0.214 e. The molecule has 2 heterocycles. The predicted molar refractivity (Wildman–Crippen MR) is 153 cm³/mol. The van der Waals surface area contributed by atoms with E-state index in [0.717, 1.165) is 23.1 Å². The molecular formula is C30H35N3O4S. The van der Waals surface area contributed by atoms with E-state index in [4.69, 9.17) is 19.9 Å².